The van der Waals surface area contributed by atoms with Gasteiger partial charge in [0, 0.05) is 76.2 Å². The van der Waals surface area contributed by atoms with Crippen LogP contribution in [0.25, 0.3) is 0 Å². The van der Waals surface area contributed by atoms with Crippen molar-refractivity contribution in [1.29, 1.82) is 0 Å². The molecule has 0 aromatic heterocycles. The van der Waals surface area contributed by atoms with Gasteiger partial charge in [0.15, 0.2) is 23.1 Å². The van der Waals surface area contributed by atoms with E-state index in [4.69, 9.17) is 20.4 Å². The molecule has 53 heavy (non-hydrogen) atoms. The minimum Gasteiger partial charge on any atom is -0.512 e. The largest absolute Gasteiger partial charge is 0.512 e. The Balaban J connectivity index is -0.000000192. The number of unbranched alkanes of at least 4 members (excludes halogenated alkanes) is 16. The SMILES string of the molecule is CCCCCCCC(=O)C=C(C)O.CCCCCCCC(=O)C=C(C)O.CCCCCCCC(=O)C=C(C)O.CCCCCCCC(=O)C=C(C)O.[Zr]. The Kier molecular flexibility index (Phi) is 54.0. The van der Waals surface area contributed by atoms with Gasteiger partial charge in [0.05, 0.1) is 23.0 Å². The van der Waals surface area contributed by atoms with Crippen LogP contribution in [0.4, 0.5) is 0 Å². The normalized spacial score (nSPS) is 11.5. The summed E-state index contributed by atoms with van der Waals surface area (Å²) in [6.45, 7) is 14.8. The molecule has 0 fully saturated rings. The van der Waals surface area contributed by atoms with Crippen LogP contribution in [0.5, 0.6) is 0 Å². The second-order valence-corrected chi connectivity index (χ2v) is 13.7. The molecular weight excluding hydrogens is 748 g/mol. The van der Waals surface area contributed by atoms with E-state index in [1.54, 1.807) is 0 Å². The Morgan fingerprint density at radius 3 is 0.604 bits per heavy atom. The maximum atomic E-state index is 11.0. The first kappa shape index (κ1) is 60.0. The molecule has 0 aliphatic rings. The van der Waals surface area contributed by atoms with E-state index >= 15 is 0 Å². The van der Waals surface area contributed by atoms with Gasteiger partial charge < -0.3 is 20.4 Å². The summed E-state index contributed by atoms with van der Waals surface area (Å²) in [4.78, 5) is 44.2. The number of carbonyl (C=O) groups is 4. The molecule has 0 aromatic carbocycles. The van der Waals surface area contributed by atoms with Gasteiger partial charge in [-0.2, -0.15) is 0 Å². The number of aliphatic hydroxyl groups is 4. The molecule has 0 rings (SSSR count). The maximum Gasteiger partial charge on any atom is 0.159 e. The van der Waals surface area contributed by atoms with Gasteiger partial charge in [-0.3, -0.25) is 19.2 Å². The first-order valence-electron chi connectivity index (χ1n) is 20.3. The molecule has 0 aromatic rings. The van der Waals surface area contributed by atoms with Gasteiger partial charge in [-0.1, -0.05) is 130 Å². The number of allylic oxidation sites excluding steroid dienone is 8. The number of aliphatic hydroxyl groups excluding tert-OH is 4. The standard InChI is InChI=1S/4C11H20O2.Zr/c4*1-3-4-5-6-7-8-11(13)9-10(2)12;/h4*9,12H,3-8H2,1-2H3;. The second-order valence-electron chi connectivity index (χ2n) is 13.7. The van der Waals surface area contributed by atoms with Gasteiger partial charge in [0.25, 0.3) is 0 Å². The van der Waals surface area contributed by atoms with Crippen molar-refractivity contribution in [3.63, 3.8) is 0 Å². The average molecular weight is 828 g/mol. The molecule has 0 radical (unpaired) electrons. The molecule has 4 N–H and O–H groups in total. The monoisotopic (exact) mass is 826 g/mol. The van der Waals surface area contributed by atoms with Crippen molar-refractivity contribution in [1.82, 2.24) is 0 Å². The average Bonchev–Trinajstić information content (AvgIpc) is 3.04. The van der Waals surface area contributed by atoms with Crippen LogP contribution in [0, 0.1) is 0 Å². The summed E-state index contributed by atoms with van der Waals surface area (Å²) in [5.74, 6) is 0.593. The quantitative estimate of drug-likeness (QED) is 0.0346. The van der Waals surface area contributed by atoms with Crippen LogP contribution in [0.2, 0.25) is 0 Å². The maximum absolute atomic E-state index is 11.0. The summed E-state index contributed by atoms with van der Waals surface area (Å²) < 4.78 is 0. The van der Waals surface area contributed by atoms with Crippen molar-refractivity contribution in [2.75, 3.05) is 0 Å². The smallest absolute Gasteiger partial charge is 0.159 e. The van der Waals surface area contributed by atoms with E-state index < -0.39 is 0 Å². The molecule has 0 bridgehead atoms. The predicted octanol–water partition coefficient (Wildman–Crippen LogP) is 13.5. The zero-order valence-corrected chi connectivity index (χ0v) is 37.7. The number of carbonyl (C=O) groups excluding carboxylic acids is 4. The van der Waals surface area contributed by atoms with Gasteiger partial charge >= 0.3 is 0 Å². The van der Waals surface area contributed by atoms with Gasteiger partial charge in [-0.25, -0.2) is 0 Å². The van der Waals surface area contributed by atoms with Crippen LogP contribution >= 0.6 is 0 Å². The van der Waals surface area contributed by atoms with Crippen LogP contribution in [0.15, 0.2) is 47.3 Å². The summed E-state index contributed by atoms with van der Waals surface area (Å²) in [6.07, 6.45) is 30.6. The van der Waals surface area contributed by atoms with Crippen LogP contribution in [-0.4, -0.2) is 43.6 Å². The zero-order chi connectivity index (χ0) is 40.4. The van der Waals surface area contributed by atoms with Crippen molar-refractivity contribution in [3.05, 3.63) is 47.3 Å². The summed E-state index contributed by atoms with van der Waals surface area (Å²) in [6, 6.07) is 0. The van der Waals surface area contributed by atoms with Crippen molar-refractivity contribution >= 4 is 23.1 Å². The van der Waals surface area contributed by atoms with Crippen LogP contribution in [-0.2, 0) is 45.4 Å². The molecule has 0 saturated heterocycles. The summed E-state index contributed by atoms with van der Waals surface area (Å²) in [5, 5.41) is 35.2. The molecule has 0 unspecified atom stereocenters. The summed E-state index contributed by atoms with van der Waals surface area (Å²) >= 11 is 0. The molecule has 0 saturated carbocycles. The third-order valence-corrected chi connectivity index (χ3v) is 7.59. The first-order chi connectivity index (χ1) is 24.7. The second kappa shape index (κ2) is 47.7. The van der Waals surface area contributed by atoms with E-state index in [1.165, 1.54) is 129 Å². The minimum absolute atomic E-state index is 0. The Bertz CT molecular complexity index is 835. The van der Waals surface area contributed by atoms with Crippen LogP contribution in [0.3, 0.4) is 0 Å². The van der Waals surface area contributed by atoms with E-state index in [9.17, 15) is 19.2 Å². The third kappa shape index (κ3) is 65.1. The minimum atomic E-state index is 0. The Morgan fingerprint density at radius 2 is 0.472 bits per heavy atom. The molecule has 0 spiro atoms. The van der Waals surface area contributed by atoms with Gasteiger partial charge in [-0.15, -0.1) is 0 Å². The van der Waals surface area contributed by atoms with E-state index in [2.05, 4.69) is 27.7 Å². The fourth-order valence-corrected chi connectivity index (χ4v) is 4.83. The van der Waals surface area contributed by atoms with Gasteiger partial charge in [0.2, 0.25) is 0 Å². The number of hydrogen-bond acceptors (Lipinski definition) is 8. The summed E-state index contributed by atoms with van der Waals surface area (Å²) in [5.41, 5.74) is 0. The molecule has 9 heteroatoms. The molecule has 0 amide bonds. The molecule has 0 atom stereocenters. The van der Waals surface area contributed by atoms with Crippen LogP contribution in [0.1, 0.15) is 209 Å². The predicted molar refractivity (Wildman–Crippen MR) is 219 cm³/mol. The van der Waals surface area contributed by atoms with Gasteiger partial charge in [-0.05, 0) is 53.4 Å². The number of hydrogen-bond donors (Lipinski definition) is 4. The van der Waals surface area contributed by atoms with E-state index in [0.717, 1.165) is 51.4 Å². The molecule has 8 nitrogen and oxygen atoms in total. The van der Waals surface area contributed by atoms with E-state index in [1.807, 2.05) is 0 Å². The molecule has 0 aliphatic heterocycles. The summed E-state index contributed by atoms with van der Waals surface area (Å²) in [7, 11) is 0. The number of ketones is 4. The zero-order valence-electron chi connectivity index (χ0n) is 35.2. The molecule has 0 aliphatic carbocycles. The Labute approximate surface area is 344 Å². The van der Waals surface area contributed by atoms with Gasteiger partial charge in [0.1, 0.15) is 0 Å². The Hall–Kier alpha value is -2.28. The van der Waals surface area contributed by atoms with Crippen molar-refractivity contribution in [3.8, 4) is 0 Å². The molecule has 0 heterocycles. The van der Waals surface area contributed by atoms with Crippen LogP contribution < -0.4 is 0 Å². The van der Waals surface area contributed by atoms with E-state index in [-0.39, 0.29) is 72.4 Å². The van der Waals surface area contributed by atoms with E-state index in [0.29, 0.717) is 25.7 Å². The third-order valence-electron chi connectivity index (χ3n) is 7.59. The Morgan fingerprint density at radius 1 is 0.321 bits per heavy atom. The fourth-order valence-electron chi connectivity index (χ4n) is 4.83. The molecular formula is C44H80O8Zr. The number of rotatable bonds is 28. The molecule has 308 valence electrons. The van der Waals surface area contributed by atoms with Crippen molar-refractivity contribution in [2.24, 2.45) is 0 Å². The van der Waals surface area contributed by atoms with Crippen molar-refractivity contribution < 1.29 is 65.8 Å². The fraction of sp³-hybridized carbons (Fsp3) is 0.727. The topological polar surface area (TPSA) is 149 Å². The first-order valence-corrected chi connectivity index (χ1v) is 20.3. The van der Waals surface area contributed by atoms with Crippen molar-refractivity contribution in [2.45, 2.75) is 209 Å².